The molecule has 1 amide bonds. The van der Waals surface area contributed by atoms with Crippen molar-refractivity contribution in [3.8, 4) is 0 Å². The molecule has 3 heteroatoms. The van der Waals surface area contributed by atoms with Crippen molar-refractivity contribution in [2.24, 2.45) is 5.73 Å². The van der Waals surface area contributed by atoms with Gasteiger partial charge in [-0.15, -0.1) is 0 Å². The van der Waals surface area contributed by atoms with Crippen LogP contribution in [0.2, 0.25) is 0 Å². The van der Waals surface area contributed by atoms with Gasteiger partial charge in [-0.25, -0.2) is 0 Å². The van der Waals surface area contributed by atoms with Crippen molar-refractivity contribution in [2.75, 3.05) is 6.54 Å². The zero-order chi connectivity index (χ0) is 13.0. The van der Waals surface area contributed by atoms with Crippen molar-refractivity contribution in [1.82, 2.24) is 4.90 Å². The molecule has 2 rings (SSSR count). The smallest absolute Gasteiger partial charge is 0.242 e. The Hall–Kier alpha value is -0.570. The van der Waals surface area contributed by atoms with Crippen molar-refractivity contribution in [3.05, 3.63) is 0 Å². The van der Waals surface area contributed by atoms with Crippen LogP contribution in [0.3, 0.4) is 0 Å². The average molecular weight is 252 g/mol. The predicted molar refractivity (Wildman–Crippen MR) is 74.3 cm³/mol. The summed E-state index contributed by atoms with van der Waals surface area (Å²) >= 11 is 0. The Labute approximate surface area is 111 Å². The Balaban J connectivity index is 2.05. The number of piperidine rings is 1. The summed E-state index contributed by atoms with van der Waals surface area (Å²) in [5, 5.41) is 0. The minimum absolute atomic E-state index is 0.250. The summed E-state index contributed by atoms with van der Waals surface area (Å²) < 4.78 is 0. The van der Waals surface area contributed by atoms with Crippen LogP contribution < -0.4 is 5.73 Å². The van der Waals surface area contributed by atoms with Gasteiger partial charge < -0.3 is 10.6 Å². The van der Waals surface area contributed by atoms with Gasteiger partial charge in [0.1, 0.15) is 0 Å². The number of amides is 1. The Morgan fingerprint density at radius 2 is 1.94 bits per heavy atom. The van der Waals surface area contributed by atoms with Crippen LogP contribution in [0.25, 0.3) is 0 Å². The molecule has 2 aliphatic rings. The summed E-state index contributed by atoms with van der Waals surface area (Å²) in [6.07, 6.45) is 11.2. The molecule has 1 aliphatic carbocycles. The van der Waals surface area contributed by atoms with E-state index in [1.807, 2.05) is 0 Å². The van der Waals surface area contributed by atoms with Gasteiger partial charge in [0.15, 0.2) is 0 Å². The molecule has 3 nitrogen and oxygen atoms in total. The first kappa shape index (κ1) is 13.9. The number of nitrogens with two attached hydrogens (primary N) is 1. The van der Waals surface area contributed by atoms with Crippen LogP contribution in [-0.2, 0) is 4.79 Å². The lowest BCUT2D eigenvalue weighted by Gasteiger charge is -2.42. The van der Waals surface area contributed by atoms with E-state index < -0.39 is 5.54 Å². The van der Waals surface area contributed by atoms with Gasteiger partial charge in [-0.05, 0) is 38.5 Å². The van der Waals surface area contributed by atoms with E-state index in [1.165, 1.54) is 19.3 Å². The highest BCUT2D eigenvalue weighted by molar-refractivity contribution is 5.86. The van der Waals surface area contributed by atoms with Gasteiger partial charge in [0, 0.05) is 12.6 Å². The largest absolute Gasteiger partial charge is 0.338 e. The first-order valence-electron chi connectivity index (χ1n) is 7.77. The molecule has 0 spiro atoms. The SMILES string of the molecule is CCCC1CCCCN1C(=O)C1(N)CCCCC1. The normalized spacial score (nSPS) is 28.1. The van der Waals surface area contributed by atoms with E-state index in [-0.39, 0.29) is 5.91 Å². The molecule has 2 fully saturated rings. The topological polar surface area (TPSA) is 46.3 Å². The highest BCUT2D eigenvalue weighted by atomic mass is 16.2. The number of likely N-dealkylation sites (tertiary alicyclic amines) is 1. The van der Waals surface area contributed by atoms with E-state index in [0.717, 1.165) is 51.5 Å². The summed E-state index contributed by atoms with van der Waals surface area (Å²) in [5.41, 5.74) is 5.86. The molecule has 1 atom stereocenters. The standard InChI is InChI=1S/C15H28N2O/c1-2-8-13-9-4-7-12-17(13)14(18)15(16)10-5-3-6-11-15/h13H,2-12,16H2,1H3. The molecular formula is C15H28N2O. The zero-order valence-corrected chi connectivity index (χ0v) is 11.8. The third-order valence-corrected chi connectivity index (χ3v) is 4.68. The molecule has 0 radical (unpaired) electrons. The highest BCUT2D eigenvalue weighted by Crippen LogP contribution is 2.31. The second-order valence-corrected chi connectivity index (χ2v) is 6.15. The summed E-state index contributed by atoms with van der Waals surface area (Å²) in [4.78, 5) is 14.9. The molecule has 1 saturated carbocycles. The quantitative estimate of drug-likeness (QED) is 0.839. The molecule has 2 N–H and O–H groups in total. The fraction of sp³-hybridized carbons (Fsp3) is 0.933. The molecule has 104 valence electrons. The minimum atomic E-state index is -0.540. The van der Waals surface area contributed by atoms with Crippen LogP contribution in [0, 0.1) is 0 Å². The number of hydrogen-bond donors (Lipinski definition) is 1. The molecule has 1 saturated heterocycles. The van der Waals surface area contributed by atoms with Crippen LogP contribution in [0.4, 0.5) is 0 Å². The van der Waals surface area contributed by atoms with Gasteiger partial charge in [-0.1, -0.05) is 32.6 Å². The summed E-state index contributed by atoms with van der Waals surface area (Å²) in [5.74, 6) is 0.250. The maximum Gasteiger partial charge on any atom is 0.242 e. The maximum absolute atomic E-state index is 12.8. The molecule has 0 aromatic heterocycles. The van der Waals surface area contributed by atoms with Crippen molar-refractivity contribution < 1.29 is 4.79 Å². The van der Waals surface area contributed by atoms with Gasteiger partial charge in [-0.2, -0.15) is 0 Å². The lowest BCUT2D eigenvalue weighted by atomic mass is 9.80. The summed E-state index contributed by atoms with van der Waals surface area (Å²) in [6, 6.07) is 0.457. The number of nitrogens with zero attached hydrogens (tertiary/aromatic N) is 1. The van der Waals surface area contributed by atoms with Gasteiger partial charge in [-0.3, -0.25) is 4.79 Å². The van der Waals surface area contributed by atoms with E-state index in [9.17, 15) is 4.79 Å². The van der Waals surface area contributed by atoms with Crippen molar-refractivity contribution in [2.45, 2.75) is 82.7 Å². The maximum atomic E-state index is 12.8. The molecule has 18 heavy (non-hydrogen) atoms. The van der Waals surface area contributed by atoms with E-state index in [2.05, 4.69) is 11.8 Å². The van der Waals surface area contributed by atoms with Crippen molar-refractivity contribution >= 4 is 5.91 Å². The first-order chi connectivity index (χ1) is 8.67. The zero-order valence-electron chi connectivity index (χ0n) is 11.8. The number of carbonyl (C=O) groups excluding carboxylic acids is 1. The fourth-order valence-electron chi connectivity index (χ4n) is 3.58. The predicted octanol–water partition coefficient (Wildman–Crippen LogP) is 2.83. The Morgan fingerprint density at radius 3 is 2.61 bits per heavy atom. The van der Waals surface area contributed by atoms with Crippen LogP contribution in [0.15, 0.2) is 0 Å². The third-order valence-electron chi connectivity index (χ3n) is 4.68. The number of rotatable bonds is 3. The van der Waals surface area contributed by atoms with Crippen molar-refractivity contribution in [3.63, 3.8) is 0 Å². The molecule has 1 heterocycles. The number of carbonyl (C=O) groups is 1. The lowest BCUT2D eigenvalue weighted by Crippen LogP contribution is -2.59. The lowest BCUT2D eigenvalue weighted by molar-refractivity contribution is -0.142. The summed E-state index contributed by atoms with van der Waals surface area (Å²) in [6.45, 7) is 3.14. The Morgan fingerprint density at radius 1 is 1.22 bits per heavy atom. The monoisotopic (exact) mass is 252 g/mol. The van der Waals surface area contributed by atoms with Gasteiger partial charge in [0.25, 0.3) is 0 Å². The third kappa shape index (κ3) is 2.87. The fourth-order valence-corrected chi connectivity index (χ4v) is 3.58. The van der Waals surface area contributed by atoms with Gasteiger partial charge >= 0.3 is 0 Å². The Bertz CT molecular complexity index is 282. The highest BCUT2D eigenvalue weighted by Gasteiger charge is 2.40. The molecule has 0 bridgehead atoms. The molecule has 1 aliphatic heterocycles. The molecule has 0 aromatic carbocycles. The molecule has 0 aromatic rings. The summed E-state index contributed by atoms with van der Waals surface area (Å²) in [7, 11) is 0. The van der Waals surface area contributed by atoms with Gasteiger partial charge in [0.05, 0.1) is 5.54 Å². The molecular weight excluding hydrogens is 224 g/mol. The molecule has 1 unspecified atom stereocenters. The van der Waals surface area contributed by atoms with E-state index in [4.69, 9.17) is 5.73 Å². The minimum Gasteiger partial charge on any atom is -0.338 e. The van der Waals surface area contributed by atoms with E-state index >= 15 is 0 Å². The second kappa shape index (κ2) is 6.05. The van der Waals surface area contributed by atoms with Crippen LogP contribution in [0.5, 0.6) is 0 Å². The number of hydrogen-bond acceptors (Lipinski definition) is 2. The van der Waals surface area contributed by atoms with E-state index in [0.29, 0.717) is 6.04 Å². The van der Waals surface area contributed by atoms with Crippen LogP contribution in [0.1, 0.15) is 71.1 Å². The second-order valence-electron chi connectivity index (χ2n) is 6.15. The average Bonchev–Trinajstić information content (AvgIpc) is 2.40. The van der Waals surface area contributed by atoms with E-state index in [1.54, 1.807) is 0 Å². The first-order valence-corrected chi connectivity index (χ1v) is 7.77. The van der Waals surface area contributed by atoms with Crippen LogP contribution >= 0.6 is 0 Å². The Kier molecular flexibility index (Phi) is 4.66. The van der Waals surface area contributed by atoms with Crippen molar-refractivity contribution in [1.29, 1.82) is 0 Å². The van der Waals surface area contributed by atoms with Crippen LogP contribution in [-0.4, -0.2) is 28.9 Å². The van der Waals surface area contributed by atoms with Gasteiger partial charge in [0.2, 0.25) is 5.91 Å².